The average Bonchev–Trinajstić information content (AvgIpc) is 1.32. The molecule has 19 aromatic carbocycles. The molecule has 4 nitrogen and oxygen atoms in total. The third-order valence-electron chi connectivity index (χ3n) is 24.4. The van der Waals surface area contributed by atoms with Crippen LogP contribution in [0.2, 0.25) is 0 Å². The minimum Gasteiger partial charge on any atom is -0.311 e. The number of hydrogen-bond donors (Lipinski definition) is 0. The van der Waals surface area contributed by atoms with Gasteiger partial charge in [-0.1, -0.05) is 324 Å². The Morgan fingerprint density at radius 3 is 1.02 bits per heavy atom. The molecule has 23 rings (SSSR count). The first kappa shape index (κ1) is 63.1. The Kier molecular flexibility index (Phi) is 13.8. The number of para-hydroxylation sites is 2. The van der Waals surface area contributed by atoms with Crippen molar-refractivity contribution in [3.63, 3.8) is 0 Å². The molecular formula is C106H71BN4. The van der Waals surface area contributed by atoms with Gasteiger partial charge in [-0.25, -0.2) is 0 Å². The van der Waals surface area contributed by atoms with Crippen molar-refractivity contribution in [1.82, 2.24) is 9.13 Å². The Hall–Kier alpha value is -14.0. The highest BCUT2D eigenvalue weighted by Crippen LogP contribution is 2.53. The maximum Gasteiger partial charge on any atom is 0.252 e. The molecule has 111 heavy (non-hydrogen) atoms. The van der Waals surface area contributed by atoms with E-state index >= 15 is 0 Å². The second-order valence-electron chi connectivity index (χ2n) is 31.4. The topological polar surface area (TPSA) is 16.3 Å². The molecule has 0 saturated heterocycles. The van der Waals surface area contributed by atoms with Crippen molar-refractivity contribution in [2.75, 3.05) is 9.80 Å². The Morgan fingerprint density at radius 1 is 0.234 bits per heavy atom. The van der Waals surface area contributed by atoms with Crippen molar-refractivity contribution in [2.45, 2.75) is 26.2 Å². The molecule has 0 fully saturated rings. The lowest BCUT2D eigenvalue weighted by Crippen LogP contribution is -2.61. The summed E-state index contributed by atoms with van der Waals surface area (Å²) in [5.74, 6) is 0. The van der Waals surface area contributed by atoms with Crippen LogP contribution in [-0.2, 0) is 5.41 Å². The van der Waals surface area contributed by atoms with E-state index in [1.807, 2.05) is 0 Å². The van der Waals surface area contributed by atoms with Gasteiger partial charge in [-0.2, -0.15) is 0 Å². The normalized spacial score (nSPS) is 12.8. The van der Waals surface area contributed by atoms with Crippen LogP contribution in [0.15, 0.2) is 376 Å². The zero-order valence-corrected chi connectivity index (χ0v) is 61.7. The van der Waals surface area contributed by atoms with E-state index in [1.54, 1.807) is 0 Å². The van der Waals surface area contributed by atoms with Gasteiger partial charge < -0.3 is 18.9 Å². The van der Waals surface area contributed by atoms with Crippen LogP contribution in [0.5, 0.6) is 0 Å². The lowest BCUT2D eigenvalue weighted by molar-refractivity contribution is 0.590. The lowest BCUT2D eigenvalue weighted by atomic mass is 9.33. The number of aromatic nitrogens is 2. The van der Waals surface area contributed by atoms with E-state index in [9.17, 15) is 0 Å². The van der Waals surface area contributed by atoms with Crippen LogP contribution < -0.4 is 26.2 Å². The molecule has 0 N–H and O–H groups in total. The fourth-order valence-corrected chi connectivity index (χ4v) is 19.4. The summed E-state index contributed by atoms with van der Waals surface area (Å²) in [7, 11) is 0. The molecule has 21 aromatic rings. The van der Waals surface area contributed by atoms with E-state index in [1.165, 1.54) is 141 Å². The summed E-state index contributed by atoms with van der Waals surface area (Å²) < 4.78 is 5.21. The van der Waals surface area contributed by atoms with Crippen LogP contribution in [0.1, 0.15) is 26.3 Å². The van der Waals surface area contributed by atoms with Gasteiger partial charge in [0.1, 0.15) is 0 Å². The molecule has 518 valence electrons. The molecule has 0 spiro atoms. The molecule has 5 heteroatoms. The maximum atomic E-state index is 2.66. The molecule has 0 unspecified atom stereocenters. The molecule has 0 atom stereocenters. The van der Waals surface area contributed by atoms with E-state index in [4.69, 9.17) is 0 Å². The van der Waals surface area contributed by atoms with Gasteiger partial charge in [-0.15, -0.1) is 0 Å². The summed E-state index contributed by atoms with van der Waals surface area (Å²) in [4.78, 5) is 5.32. The van der Waals surface area contributed by atoms with Crippen molar-refractivity contribution in [3.05, 3.63) is 382 Å². The van der Waals surface area contributed by atoms with Crippen LogP contribution in [-0.4, -0.2) is 15.8 Å². The van der Waals surface area contributed by atoms with Gasteiger partial charge in [0.05, 0.1) is 33.4 Å². The van der Waals surface area contributed by atoms with Gasteiger partial charge in [0.2, 0.25) is 0 Å². The van der Waals surface area contributed by atoms with Crippen molar-refractivity contribution in [2.24, 2.45) is 0 Å². The molecule has 0 saturated carbocycles. The minimum absolute atomic E-state index is 0.227. The van der Waals surface area contributed by atoms with E-state index in [2.05, 4.69) is 416 Å². The summed E-state index contributed by atoms with van der Waals surface area (Å²) >= 11 is 0. The molecule has 0 amide bonds. The third-order valence-corrected chi connectivity index (χ3v) is 24.4. The van der Waals surface area contributed by atoms with Crippen LogP contribution in [0, 0.1) is 0 Å². The SMILES string of the molecule is CC(C)(C)c1cc2c3c(c1)N(c1ccccc1-c1ccccc1)c1cc(-n4c5ccc(-c6cccc7ccccc67)cc5c5c6ccccc6c6ccccc6c54)ccc1B3c1ccc(-n3c4ccc(-c5cccc6ccccc56)cc4c4c5ccccc5c5ccccc5c43)cc1N2c1ccccc1-c1ccccc1. The van der Waals surface area contributed by atoms with E-state index in [-0.39, 0.29) is 12.1 Å². The standard InChI is InChI=1S/C106H71BN4/c1-106(2,3)72-62-99-103-100(63-72)111(94-51-25-23-39-80(94)69-30-8-5-9-31-69)98-65-74(109-96-59-53-71(78-49-27-35-67-33-11-13-37-76(67)78)61-90(96)102-86-45-19-15-41-82(86)84-43-17-21-47-88(84)105(102)109)55-57-92(98)107(103)91-56-54-73(64-97(91)110(99)93-50-24-22-38-79(93)68-28-6-4-7-29-68)108-95-58-52-70(77-48-26-34-66-32-10-12-36-75(66)77)60-89(95)101-85-44-18-14-40-81(85)83-42-16-20-46-87(83)104(101)108/h4-65H,1-3H3. The third kappa shape index (κ3) is 9.43. The first-order valence-corrected chi connectivity index (χ1v) is 38.8. The van der Waals surface area contributed by atoms with Crippen LogP contribution in [0.3, 0.4) is 0 Å². The van der Waals surface area contributed by atoms with Crippen molar-refractivity contribution in [3.8, 4) is 55.9 Å². The van der Waals surface area contributed by atoms with Gasteiger partial charge >= 0.3 is 0 Å². The van der Waals surface area contributed by atoms with Gasteiger partial charge in [-0.3, -0.25) is 0 Å². The highest BCUT2D eigenvalue weighted by molar-refractivity contribution is 7.00. The average molecular weight is 1410 g/mol. The summed E-state index contributed by atoms with van der Waals surface area (Å²) in [5.41, 5.74) is 27.8. The smallest absolute Gasteiger partial charge is 0.252 e. The fourth-order valence-electron chi connectivity index (χ4n) is 19.4. The second kappa shape index (κ2) is 24.3. The number of benzene rings is 19. The minimum atomic E-state index is -0.296. The van der Waals surface area contributed by atoms with Crippen LogP contribution in [0.25, 0.3) is 164 Å². The summed E-state index contributed by atoms with van der Waals surface area (Å²) in [6, 6.07) is 142. The Balaban J connectivity index is 0.836. The number of fused-ring (bicyclic) bond motifs is 22. The number of anilines is 6. The molecular weight excluding hydrogens is 1340 g/mol. The summed E-state index contributed by atoms with van der Waals surface area (Å²) in [6.45, 7) is 6.93. The molecule has 0 aliphatic carbocycles. The number of hydrogen-bond acceptors (Lipinski definition) is 2. The first-order chi connectivity index (χ1) is 54.8. The van der Waals surface area contributed by atoms with Gasteiger partial charge in [0, 0.05) is 77.6 Å². The molecule has 2 aliphatic rings. The lowest BCUT2D eigenvalue weighted by Gasteiger charge is -2.46. The van der Waals surface area contributed by atoms with Gasteiger partial charge in [0.15, 0.2) is 0 Å². The van der Waals surface area contributed by atoms with Crippen molar-refractivity contribution in [1.29, 1.82) is 0 Å². The largest absolute Gasteiger partial charge is 0.311 e. The van der Waals surface area contributed by atoms with Gasteiger partial charge in [0.25, 0.3) is 6.71 Å². The Morgan fingerprint density at radius 2 is 0.586 bits per heavy atom. The zero-order chi connectivity index (χ0) is 73.3. The maximum absolute atomic E-state index is 2.66. The number of rotatable bonds is 8. The first-order valence-electron chi connectivity index (χ1n) is 38.8. The monoisotopic (exact) mass is 1410 g/mol. The molecule has 2 aromatic heterocycles. The van der Waals surface area contributed by atoms with E-state index < -0.39 is 0 Å². The van der Waals surface area contributed by atoms with Gasteiger partial charge in [-0.05, 0) is 187 Å². The zero-order valence-electron chi connectivity index (χ0n) is 61.7. The molecule has 0 bridgehead atoms. The predicted octanol–water partition coefficient (Wildman–Crippen LogP) is 26.8. The Bertz CT molecular complexity index is 7080. The van der Waals surface area contributed by atoms with Crippen LogP contribution >= 0.6 is 0 Å². The highest BCUT2D eigenvalue weighted by Gasteiger charge is 2.46. The quantitative estimate of drug-likeness (QED) is 0.111. The van der Waals surface area contributed by atoms with E-state index in [0.717, 1.165) is 78.8 Å². The van der Waals surface area contributed by atoms with Crippen LogP contribution in [0.4, 0.5) is 34.1 Å². The highest BCUT2D eigenvalue weighted by atomic mass is 15.2. The summed E-state index contributed by atoms with van der Waals surface area (Å²) in [6.07, 6.45) is 0. The Labute approximate surface area is 643 Å². The van der Waals surface area contributed by atoms with E-state index in [0.29, 0.717) is 0 Å². The molecule has 2 aliphatic heterocycles. The summed E-state index contributed by atoms with van der Waals surface area (Å²) in [5, 5.41) is 19.7. The van der Waals surface area contributed by atoms with Crippen molar-refractivity contribution < 1.29 is 0 Å². The van der Waals surface area contributed by atoms with Crippen molar-refractivity contribution >= 4 is 165 Å². The number of nitrogens with zero attached hydrogens (tertiary/aromatic N) is 4. The predicted molar refractivity (Wildman–Crippen MR) is 475 cm³/mol. The fraction of sp³-hybridized carbons (Fsp3) is 0.0377. The second-order valence-corrected chi connectivity index (χ2v) is 31.4. The molecule has 0 radical (unpaired) electrons. The molecule has 4 heterocycles.